The van der Waals surface area contributed by atoms with E-state index in [1.165, 1.54) is 5.56 Å². The molecule has 1 unspecified atom stereocenters. The third kappa shape index (κ3) is 3.60. The minimum absolute atomic E-state index is 0.121. The predicted molar refractivity (Wildman–Crippen MR) is 83.1 cm³/mol. The Morgan fingerprint density at radius 2 is 1.70 bits per heavy atom. The first-order valence-corrected chi connectivity index (χ1v) is 7.42. The zero-order valence-electron chi connectivity index (χ0n) is 13.3. The molecule has 1 N–H and O–H groups in total. The molecule has 0 bridgehead atoms. The lowest BCUT2D eigenvalue weighted by atomic mass is 9.85. The number of carboxylic acids is 1. The molecule has 1 aromatic carbocycles. The summed E-state index contributed by atoms with van der Waals surface area (Å²) in [5, 5.41) is 9.27. The molecule has 0 aliphatic rings. The summed E-state index contributed by atoms with van der Waals surface area (Å²) < 4.78 is 0. The van der Waals surface area contributed by atoms with Gasteiger partial charge in [0.2, 0.25) is 0 Å². The molecule has 1 rings (SSSR count). The molecule has 0 saturated carbocycles. The molecular formula is C17H27NO2. The first-order valence-electron chi connectivity index (χ1n) is 7.42. The van der Waals surface area contributed by atoms with Gasteiger partial charge in [0.05, 0.1) is 12.0 Å². The summed E-state index contributed by atoms with van der Waals surface area (Å²) >= 11 is 0. The Morgan fingerprint density at radius 3 is 2.05 bits per heavy atom. The lowest BCUT2D eigenvalue weighted by Gasteiger charge is -2.40. The second-order valence-electron chi connectivity index (χ2n) is 5.79. The normalized spacial score (nSPS) is 14.6. The van der Waals surface area contributed by atoms with Crippen LogP contribution < -0.4 is 0 Å². The van der Waals surface area contributed by atoms with E-state index in [0.29, 0.717) is 5.92 Å². The maximum absolute atomic E-state index is 11.3. The fourth-order valence-electron chi connectivity index (χ4n) is 2.84. The van der Waals surface area contributed by atoms with Crippen molar-refractivity contribution in [2.75, 3.05) is 13.1 Å². The Labute approximate surface area is 122 Å². The Balaban J connectivity index is 3.19. The monoisotopic (exact) mass is 277 g/mol. The minimum atomic E-state index is -0.757. The Bertz CT molecular complexity index is 435. The van der Waals surface area contributed by atoms with Gasteiger partial charge in [0.25, 0.3) is 0 Å². The van der Waals surface area contributed by atoms with Crippen molar-refractivity contribution in [1.29, 1.82) is 0 Å². The van der Waals surface area contributed by atoms with Gasteiger partial charge in [-0.1, -0.05) is 52.0 Å². The lowest BCUT2D eigenvalue weighted by molar-refractivity contribution is -0.140. The Hall–Kier alpha value is -1.35. The zero-order valence-corrected chi connectivity index (χ0v) is 13.3. The van der Waals surface area contributed by atoms with E-state index in [2.05, 4.69) is 56.9 Å². The average Bonchev–Trinajstić information content (AvgIpc) is 2.39. The number of rotatable bonds is 7. The highest BCUT2D eigenvalue weighted by Gasteiger charge is 2.34. The molecule has 0 aromatic heterocycles. The van der Waals surface area contributed by atoms with Gasteiger partial charge in [-0.2, -0.15) is 0 Å². The fraction of sp³-hybridized carbons (Fsp3) is 0.588. The summed E-state index contributed by atoms with van der Waals surface area (Å²) in [6.45, 7) is 12.2. The van der Waals surface area contributed by atoms with E-state index in [4.69, 9.17) is 0 Å². The summed E-state index contributed by atoms with van der Waals surface area (Å²) in [6, 6.07) is 8.39. The highest BCUT2D eigenvalue weighted by Crippen LogP contribution is 2.32. The van der Waals surface area contributed by atoms with Gasteiger partial charge in [0.1, 0.15) is 0 Å². The Morgan fingerprint density at radius 1 is 1.20 bits per heavy atom. The van der Waals surface area contributed by atoms with E-state index in [1.54, 1.807) is 0 Å². The molecule has 3 nitrogen and oxygen atoms in total. The van der Waals surface area contributed by atoms with Gasteiger partial charge < -0.3 is 5.11 Å². The van der Waals surface area contributed by atoms with Crippen molar-refractivity contribution in [3.8, 4) is 0 Å². The van der Waals surface area contributed by atoms with Crippen molar-refractivity contribution in [2.45, 2.75) is 52.5 Å². The highest BCUT2D eigenvalue weighted by atomic mass is 16.4. The molecule has 0 saturated heterocycles. The van der Waals surface area contributed by atoms with Crippen molar-refractivity contribution in [2.24, 2.45) is 0 Å². The van der Waals surface area contributed by atoms with E-state index in [-0.39, 0.29) is 6.42 Å². The van der Waals surface area contributed by atoms with Crippen LogP contribution in [0.2, 0.25) is 0 Å². The van der Waals surface area contributed by atoms with Crippen molar-refractivity contribution in [3.05, 3.63) is 35.4 Å². The van der Waals surface area contributed by atoms with Crippen LogP contribution in [0.5, 0.6) is 0 Å². The summed E-state index contributed by atoms with van der Waals surface area (Å²) in [5.74, 6) is -0.268. The third-order valence-electron chi connectivity index (χ3n) is 4.16. The molecule has 0 spiro atoms. The maximum atomic E-state index is 11.3. The first kappa shape index (κ1) is 16.7. The molecule has 3 heteroatoms. The van der Waals surface area contributed by atoms with Gasteiger partial charge in [0, 0.05) is 0 Å². The number of carboxylic acid groups (broad SMARTS) is 1. The molecule has 1 atom stereocenters. The summed E-state index contributed by atoms with van der Waals surface area (Å²) in [6.07, 6.45) is 0.121. The Kier molecular flexibility index (Phi) is 5.75. The summed E-state index contributed by atoms with van der Waals surface area (Å²) in [7, 11) is 0. The first-order chi connectivity index (χ1) is 9.35. The van der Waals surface area contributed by atoms with Gasteiger partial charge in [0.15, 0.2) is 0 Å². The lowest BCUT2D eigenvalue weighted by Crippen LogP contribution is -2.45. The van der Waals surface area contributed by atoms with Crippen LogP contribution in [0, 0.1) is 0 Å². The van der Waals surface area contributed by atoms with Crippen LogP contribution in [0.4, 0.5) is 0 Å². The molecule has 0 amide bonds. The number of benzene rings is 1. The molecule has 0 aliphatic carbocycles. The minimum Gasteiger partial charge on any atom is -0.481 e. The van der Waals surface area contributed by atoms with Gasteiger partial charge in [-0.15, -0.1) is 0 Å². The molecule has 1 aromatic rings. The molecule has 0 radical (unpaired) electrons. The summed E-state index contributed by atoms with van der Waals surface area (Å²) in [4.78, 5) is 13.5. The molecular weight excluding hydrogens is 250 g/mol. The SMILES string of the molecule is CCN(CC)C(C)(CC(=O)O)c1ccc(C(C)C)cc1. The molecule has 0 heterocycles. The topological polar surface area (TPSA) is 40.5 Å². The fourth-order valence-corrected chi connectivity index (χ4v) is 2.84. The van der Waals surface area contributed by atoms with E-state index < -0.39 is 11.5 Å². The van der Waals surface area contributed by atoms with Gasteiger partial charge in [-0.05, 0) is 37.1 Å². The smallest absolute Gasteiger partial charge is 0.305 e. The van der Waals surface area contributed by atoms with Crippen LogP contribution in [0.1, 0.15) is 58.1 Å². The maximum Gasteiger partial charge on any atom is 0.305 e. The van der Waals surface area contributed by atoms with E-state index in [0.717, 1.165) is 18.7 Å². The number of carbonyl (C=O) groups is 1. The van der Waals surface area contributed by atoms with Crippen molar-refractivity contribution >= 4 is 5.97 Å². The van der Waals surface area contributed by atoms with Crippen LogP contribution >= 0.6 is 0 Å². The van der Waals surface area contributed by atoms with Gasteiger partial charge in [-0.3, -0.25) is 9.69 Å². The van der Waals surface area contributed by atoms with Crippen LogP contribution in [0.25, 0.3) is 0 Å². The number of nitrogens with zero attached hydrogens (tertiary/aromatic N) is 1. The van der Waals surface area contributed by atoms with E-state index in [1.807, 2.05) is 6.92 Å². The van der Waals surface area contributed by atoms with E-state index in [9.17, 15) is 9.90 Å². The van der Waals surface area contributed by atoms with Crippen LogP contribution in [0.3, 0.4) is 0 Å². The van der Waals surface area contributed by atoms with Crippen molar-refractivity contribution < 1.29 is 9.90 Å². The quantitative estimate of drug-likeness (QED) is 0.823. The van der Waals surface area contributed by atoms with Crippen LogP contribution in [-0.2, 0) is 10.3 Å². The molecule has 20 heavy (non-hydrogen) atoms. The zero-order chi connectivity index (χ0) is 15.3. The van der Waals surface area contributed by atoms with Crippen molar-refractivity contribution in [1.82, 2.24) is 4.90 Å². The van der Waals surface area contributed by atoms with E-state index >= 15 is 0 Å². The van der Waals surface area contributed by atoms with Crippen LogP contribution in [-0.4, -0.2) is 29.1 Å². The molecule has 112 valence electrons. The predicted octanol–water partition coefficient (Wildman–Crippen LogP) is 3.84. The summed E-state index contributed by atoms with van der Waals surface area (Å²) in [5.41, 5.74) is 1.91. The molecule has 0 fully saturated rings. The second-order valence-corrected chi connectivity index (χ2v) is 5.79. The number of hydrogen-bond donors (Lipinski definition) is 1. The number of hydrogen-bond acceptors (Lipinski definition) is 2. The third-order valence-corrected chi connectivity index (χ3v) is 4.16. The largest absolute Gasteiger partial charge is 0.481 e. The standard InChI is InChI=1S/C17H27NO2/c1-6-18(7-2)17(5,12-16(19)20)15-10-8-14(9-11-15)13(3)4/h8-11,13H,6-7,12H2,1-5H3,(H,19,20). The van der Waals surface area contributed by atoms with Gasteiger partial charge in [-0.25, -0.2) is 0 Å². The van der Waals surface area contributed by atoms with Crippen LogP contribution in [0.15, 0.2) is 24.3 Å². The average molecular weight is 277 g/mol. The van der Waals surface area contributed by atoms with Gasteiger partial charge >= 0.3 is 5.97 Å². The van der Waals surface area contributed by atoms with Crippen molar-refractivity contribution in [3.63, 3.8) is 0 Å². The number of aliphatic carboxylic acids is 1. The molecule has 0 aliphatic heterocycles. The second kappa shape index (κ2) is 6.89. The highest BCUT2D eigenvalue weighted by molar-refractivity contribution is 5.69.